The van der Waals surface area contributed by atoms with Gasteiger partial charge in [0, 0.05) is 5.56 Å². The molecular weight excluding hydrogens is 294 g/mol. The SMILES string of the molecule is O=C(O)c1ccc2[nH]c3c(C(=O)c4ccccc4)cnn3c2c1. The number of aromatic amines is 1. The molecule has 0 saturated heterocycles. The lowest BCUT2D eigenvalue weighted by atomic mass is 10.1. The summed E-state index contributed by atoms with van der Waals surface area (Å²) in [6, 6.07) is 13.7. The highest BCUT2D eigenvalue weighted by Crippen LogP contribution is 2.22. The number of carbonyl (C=O) groups is 2. The van der Waals surface area contributed by atoms with Gasteiger partial charge in [-0.1, -0.05) is 30.3 Å². The van der Waals surface area contributed by atoms with Gasteiger partial charge in [0.05, 0.1) is 28.4 Å². The Balaban J connectivity index is 1.91. The largest absolute Gasteiger partial charge is 0.478 e. The number of nitrogens with one attached hydrogen (secondary N) is 1. The van der Waals surface area contributed by atoms with E-state index in [1.165, 1.54) is 18.3 Å². The molecule has 2 heterocycles. The predicted octanol–water partition coefficient (Wildman–Crippen LogP) is 2.74. The van der Waals surface area contributed by atoms with Gasteiger partial charge in [0.1, 0.15) is 5.65 Å². The van der Waals surface area contributed by atoms with Crippen LogP contribution >= 0.6 is 0 Å². The van der Waals surface area contributed by atoms with Gasteiger partial charge in [-0.3, -0.25) is 4.79 Å². The monoisotopic (exact) mass is 305 g/mol. The van der Waals surface area contributed by atoms with Crippen LogP contribution in [0.1, 0.15) is 26.3 Å². The summed E-state index contributed by atoms with van der Waals surface area (Å²) < 4.78 is 1.55. The third kappa shape index (κ3) is 2.00. The van der Waals surface area contributed by atoms with Gasteiger partial charge < -0.3 is 10.1 Å². The highest BCUT2D eigenvalue weighted by molar-refractivity contribution is 6.13. The van der Waals surface area contributed by atoms with Crippen molar-refractivity contribution in [1.29, 1.82) is 0 Å². The van der Waals surface area contributed by atoms with Crippen molar-refractivity contribution in [2.24, 2.45) is 0 Å². The van der Waals surface area contributed by atoms with Gasteiger partial charge in [-0.15, -0.1) is 0 Å². The van der Waals surface area contributed by atoms with Crippen molar-refractivity contribution in [2.75, 3.05) is 0 Å². The molecule has 4 aromatic rings. The highest BCUT2D eigenvalue weighted by Gasteiger charge is 2.18. The van der Waals surface area contributed by atoms with Crippen molar-refractivity contribution in [3.63, 3.8) is 0 Å². The van der Waals surface area contributed by atoms with Crippen LogP contribution < -0.4 is 0 Å². The number of hydrogen-bond acceptors (Lipinski definition) is 3. The van der Waals surface area contributed by atoms with Crippen molar-refractivity contribution in [3.8, 4) is 0 Å². The van der Waals surface area contributed by atoms with Crippen LogP contribution in [0.25, 0.3) is 16.7 Å². The van der Waals surface area contributed by atoms with Gasteiger partial charge in [0.25, 0.3) is 0 Å². The minimum atomic E-state index is -1.01. The predicted molar refractivity (Wildman–Crippen MR) is 83.9 cm³/mol. The molecule has 6 heteroatoms. The quantitative estimate of drug-likeness (QED) is 0.570. The molecule has 2 N–H and O–H groups in total. The summed E-state index contributed by atoms with van der Waals surface area (Å²) >= 11 is 0. The van der Waals surface area contributed by atoms with E-state index < -0.39 is 5.97 Å². The van der Waals surface area contributed by atoms with Gasteiger partial charge >= 0.3 is 5.97 Å². The average Bonchev–Trinajstić information content (AvgIpc) is 3.13. The second kappa shape index (κ2) is 4.81. The van der Waals surface area contributed by atoms with Crippen molar-refractivity contribution < 1.29 is 14.7 Å². The van der Waals surface area contributed by atoms with Crippen LogP contribution in [0.15, 0.2) is 54.7 Å². The van der Waals surface area contributed by atoms with Crippen LogP contribution in [0, 0.1) is 0 Å². The van der Waals surface area contributed by atoms with E-state index in [0.717, 1.165) is 5.52 Å². The summed E-state index contributed by atoms with van der Waals surface area (Å²) in [6.07, 6.45) is 1.49. The Kier molecular flexibility index (Phi) is 2.77. The van der Waals surface area contributed by atoms with Crippen molar-refractivity contribution in [1.82, 2.24) is 14.6 Å². The molecule has 2 aromatic carbocycles. The highest BCUT2D eigenvalue weighted by atomic mass is 16.4. The first-order chi connectivity index (χ1) is 11.1. The number of nitrogens with zero attached hydrogens (tertiary/aromatic N) is 2. The molecule has 0 unspecified atom stereocenters. The number of imidazole rings is 1. The number of carboxylic acids is 1. The first-order valence-electron chi connectivity index (χ1n) is 6.97. The number of H-pyrrole nitrogens is 1. The Labute approximate surface area is 130 Å². The van der Waals surface area contributed by atoms with Gasteiger partial charge in [0.15, 0.2) is 5.78 Å². The number of ketones is 1. The maximum Gasteiger partial charge on any atom is 0.335 e. The van der Waals surface area contributed by atoms with Crippen LogP contribution in [0.5, 0.6) is 0 Å². The van der Waals surface area contributed by atoms with Crippen molar-refractivity contribution >= 4 is 28.4 Å². The molecule has 112 valence electrons. The minimum absolute atomic E-state index is 0.134. The molecule has 4 rings (SSSR count). The number of fused-ring (bicyclic) bond motifs is 3. The summed E-state index contributed by atoms with van der Waals surface area (Å²) in [5, 5.41) is 13.3. The van der Waals surface area contributed by atoms with Gasteiger partial charge in [-0.05, 0) is 18.2 Å². The second-order valence-electron chi connectivity index (χ2n) is 5.18. The van der Waals surface area contributed by atoms with Gasteiger partial charge in [-0.25, -0.2) is 9.31 Å². The number of aromatic carboxylic acids is 1. The minimum Gasteiger partial charge on any atom is -0.478 e. The van der Waals surface area contributed by atoms with E-state index in [1.807, 2.05) is 6.07 Å². The average molecular weight is 305 g/mol. The Morgan fingerprint density at radius 2 is 1.83 bits per heavy atom. The molecule has 0 bridgehead atoms. The van der Waals surface area contributed by atoms with Crippen molar-refractivity contribution in [2.45, 2.75) is 0 Å². The summed E-state index contributed by atoms with van der Waals surface area (Å²) in [7, 11) is 0. The normalized spacial score (nSPS) is 11.1. The molecule has 0 spiro atoms. The number of benzene rings is 2. The fraction of sp³-hybridized carbons (Fsp3) is 0. The molecule has 0 radical (unpaired) electrons. The molecule has 0 aliphatic heterocycles. The molecule has 2 aromatic heterocycles. The van der Waals surface area contributed by atoms with Crippen LogP contribution in [0.4, 0.5) is 0 Å². The number of rotatable bonds is 3. The van der Waals surface area contributed by atoms with Crippen LogP contribution in [0.2, 0.25) is 0 Å². The summed E-state index contributed by atoms with van der Waals surface area (Å²) in [4.78, 5) is 26.8. The maximum atomic E-state index is 12.6. The zero-order valence-electron chi connectivity index (χ0n) is 11.9. The number of hydrogen-bond donors (Lipinski definition) is 2. The Bertz CT molecular complexity index is 1060. The standard InChI is InChI=1S/C17H11N3O3/c21-15(10-4-2-1-3-5-10)12-9-18-20-14-8-11(17(22)23)6-7-13(14)19-16(12)20/h1-9,19H,(H,22,23). The molecule has 0 aliphatic rings. The molecule has 0 aliphatic carbocycles. The molecule has 0 saturated carbocycles. The maximum absolute atomic E-state index is 12.6. The number of carbonyl (C=O) groups excluding carboxylic acids is 1. The third-order valence-electron chi connectivity index (χ3n) is 3.78. The van der Waals surface area contributed by atoms with E-state index in [0.29, 0.717) is 22.3 Å². The molecule has 0 fully saturated rings. The lowest BCUT2D eigenvalue weighted by Crippen LogP contribution is -2.00. The van der Waals surface area contributed by atoms with Gasteiger partial charge in [-0.2, -0.15) is 5.10 Å². The lowest BCUT2D eigenvalue weighted by Gasteiger charge is -1.96. The molecule has 6 nitrogen and oxygen atoms in total. The second-order valence-corrected chi connectivity index (χ2v) is 5.18. The topological polar surface area (TPSA) is 87.5 Å². The molecule has 0 amide bonds. The zero-order chi connectivity index (χ0) is 16.0. The van der Waals surface area contributed by atoms with E-state index in [4.69, 9.17) is 5.11 Å². The summed E-state index contributed by atoms with van der Waals surface area (Å²) in [6.45, 7) is 0. The molecular formula is C17H11N3O3. The van der Waals surface area contributed by atoms with Crippen molar-refractivity contribution in [3.05, 3.63) is 71.4 Å². The fourth-order valence-electron chi connectivity index (χ4n) is 2.64. The Hall–Kier alpha value is -3.41. The van der Waals surface area contributed by atoms with Crippen LogP contribution in [-0.4, -0.2) is 31.5 Å². The van der Waals surface area contributed by atoms with E-state index in [1.54, 1.807) is 34.8 Å². The smallest absolute Gasteiger partial charge is 0.335 e. The van der Waals surface area contributed by atoms with E-state index in [9.17, 15) is 9.59 Å². The zero-order valence-corrected chi connectivity index (χ0v) is 11.9. The summed E-state index contributed by atoms with van der Waals surface area (Å²) in [5.74, 6) is -1.14. The van der Waals surface area contributed by atoms with E-state index in [-0.39, 0.29) is 11.3 Å². The summed E-state index contributed by atoms with van der Waals surface area (Å²) in [5.41, 5.74) is 3.09. The molecule has 23 heavy (non-hydrogen) atoms. The van der Waals surface area contributed by atoms with Crippen LogP contribution in [0.3, 0.4) is 0 Å². The third-order valence-corrected chi connectivity index (χ3v) is 3.78. The molecule has 0 atom stereocenters. The van der Waals surface area contributed by atoms with Crippen LogP contribution in [-0.2, 0) is 0 Å². The van der Waals surface area contributed by atoms with E-state index in [2.05, 4.69) is 10.1 Å². The number of carboxylic acid groups (broad SMARTS) is 1. The lowest BCUT2D eigenvalue weighted by molar-refractivity contribution is 0.0697. The van der Waals surface area contributed by atoms with E-state index >= 15 is 0 Å². The first-order valence-corrected chi connectivity index (χ1v) is 6.97. The van der Waals surface area contributed by atoms with Gasteiger partial charge in [0.2, 0.25) is 0 Å². The number of aromatic nitrogens is 3. The Morgan fingerprint density at radius 3 is 2.57 bits per heavy atom. The first kappa shape index (κ1) is 13.3. The Morgan fingerprint density at radius 1 is 1.04 bits per heavy atom. The fourth-order valence-corrected chi connectivity index (χ4v) is 2.64.